The molecule has 1 heterocycles. The van der Waals surface area contributed by atoms with Gasteiger partial charge in [-0.2, -0.15) is 5.10 Å². The van der Waals surface area contributed by atoms with Crippen molar-refractivity contribution in [1.29, 1.82) is 0 Å². The number of rotatable bonds is 3. The minimum atomic E-state index is 0.832. The highest BCUT2D eigenvalue weighted by molar-refractivity contribution is 5.73. The van der Waals surface area contributed by atoms with Crippen LogP contribution in [0.25, 0.3) is 11.3 Å². The van der Waals surface area contributed by atoms with Gasteiger partial charge in [-0.3, -0.25) is 0 Å². The molecule has 16 heavy (non-hydrogen) atoms. The van der Waals surface area contributed by atoms with E-state index in [0.717, 1.165) is 22.7 Å². The molecule has 0 saturated carbocycles. The highest BCUT2D eigenvalue weighted by atomic mass is 16.5. The Labute approximate surface area is 94.3 Å². The summed E-state index contributed by atoms with van der Waals surface area (Å²) >= 11 is 0. The van der Waals surface area contributed by atoms with Crippen molar-refractivity contribution in [1.82, 2.24) is 10.2 Å². The average Bonchev–Trinajstić information content (AvgIpc) is 2.39. The van der Waals surface area contributed by atoms with E-state index in [0.29, 0.717) is 0 Å². The van der Waals surface area contributed by atoms with Gasteiger partial charge in [-0.15, -0.1) is 5.10 Å². The minimum Gasteiger partial charge on any atom is -0.497 e. The Morgan fingerprint density at radius 1 is 1.12 bits per heavy atom. The Morgan fingerprint density at radius 3 is 2.50 bits per heavy atom. The number of hydrogen-bond acceptors (Lipinski definition) is 4. The molecule has 0 aliphatic rings. The van der Waals surface area contributed by atoms with Crippen LogP contribution in [0, 0.1) is 0 Å². The van der Waals surface area contributed by atoms with Gasteiger partial charge in [-0.05, 0) is 30.3 Å². The first-order chi connectivity index (χ1) is 7.85. The molecule has 1 aromatic carbocycles. The molecule has 1 aromatic heterocycles. The van der Waals surface area contributed by atoms with Crippen LogP contribution >= 0.6 is 0 Å². The summed E-state index contributed by atoms with van der Waals surface area (Å²) in [5.41, 5.74) is 2.81. The van der Waals surface area contributed by atoms with E-state index < -0.39 is 0 Å². The molecule has 0 unspecified atom stereocenters. The first-order valence-corrected chi connectivity index (χ1v) is 4.99. The van der Waals surface area contributed by atoms with Crippen molar-refractivity contribution in [3.05, 3.63) is 36.5 Å². The molecule has 0 saturated heterocycles. The maximum Gasteiger partial charge on any atom is 0.118 e. The van der Waals surface area contributed by atoms with Crippen molar-refractivity contribution >= 4 is 5.69 Å². The van der Waals surface area contributed by atoms with Gasteiger partial charge in [-0.1, -0.05) is 0 Å². The van der Waals surface area contributed by atoms with Gasteiger partial charge < -0.3 is 10.1 Å². The second kappa shape index (κ2) is 4.61. The SMILES string of the molecule is CNc1ccnnc1-c1ccc(OC)cc1. The van der Waals surface area contributed by atoms with E-state index in [1.165, 1.54) is 0 Å². The number of nitrogens with zero attached hydrogens (tertiary/aromatic N) is 2. The zero-order chi connectivity index (χ0) is 11.4. The van der Waals surface area contributed by atoms with E-state index in [9.17, 15) is 0 Å². The molecular formula is C12H13N3O. The van der Waals surface area contributed by atoms with Crippen molar-refractivity contribution in [2.75, 3.05) is 19.5 Å². The summed E-state index contributed by atoms with van der Waals surface area (Å²) in [6, 6.07) is 9.63. The van der Waals surface area contributed by atoms with E-state index >= 15 is 0 Å². The summed E-state index contributed by atoms with van der Waals surface area (Å²) in [6.45, 7) is 0. The van der Waals surface area contributed by atoms with Crippen LogP contribution in [0.15, 0.2) is 36.5 Å². The Bertz CT molecular complexity index is 468. The summed E-state index contributed by atoms with van der Waals surface area (Å²) in [7, 11) is 3.51. The predicted molar refractivity (Wildman–Crippen MR) is 63.6 cm³/mol. The number of ether oxygens (including phenoxy) is 1. The van der Waals surface area contributed by atoms with Crippen LogP contribution in [0.3, 0.4) is 0 Å². The zero-order valence-corrected chi connectivity index (χ0v) is 9.27. The van der Waals surface area contributed by atoms with Crippen LogP contribution in [-0.2, 0) is 0 Å². The fourth-order valence-corrected chi connectivity index (χ4v) is 1.50. The lowest BCUT2D eigenvalue weighted by Crippen LogP contribution is -1.96. The van der Waals surface area contributed by atoms with Crippen molar-refractivity contribution in [2.24, 2.45) is 0 Å². The number of anilines is 1. The molecule has 0 spiro atoms. The lowest BCUT2D eigenvalue weighted by molar-refractivity contribution is 0.415. The van der Waals surface area contributed by atoms with Crippen molar-refractivity contribution in [3.63, 3.8) is 0 Å². The summed E-state index contributed by atoms with van der Waals surface area (Å²) in [6.07, 6.45) is 1.67. The topological polar surface area (TPSA) is 47.0 Å². The van der Waals surface area contributed by atoms with Crippen LogP contribution in [0.2, 0.25) is 0 Å². The summed E-state index contributed by atoms with van der Waals surface area (Å²) < 4.78 is 5.11. The van der Waals surface area contributed by atoms with Gasteiger partial charge in [0.25, 0.3) is 0 Å². The van der Waals surface area contributed by atoms with Gasteiger partial charge in [0, 0.05) is 12.6 Å². The van der Waals surface area contributed by atoms with E-state index in [1.807, 2.05) is 37.4 Å². The van der Waals surface area contributed by atoms with Gasteiger partial charge in [0.2, 0.25) is 0 Å². The van der Waals surface area contributed by atoms with Gasteiger partial charge in [-0.25, -0.2) is 0 Å². The maximum atomic E-state index is 5.11. The Hall–Kier alpha value is -2.10. The van der Waals surface area contributed by atoms with Gasteiger partial charge in [0.05, 0.1) is 19.0 Å². The molecule has 0 aliphatic carbocycles. The number of methoxy groups -OCH3 is 1. The molecule has 0 bridgehead atoms. The average molecular weight is 215 g/mol. The molecule has 2 rings (SSSR count). The van der Waals surface area contributed by atoms with Crippen LogP contribution in [0.5, 0.6) is 5.75 Å². The van der Waals surface area contributed by atoms with Gasteiger partial charge in [0.1, 0.15) is 11.4 Å². The highest BCUT2D eigenvalue weighted by Gasteiger charge is 2.05. The fraction of sp³-hybridized carbons (Fsp3) is 0.167. The van der Waals surface area contributed by atoms with Crippen LogP contribution < -0.4 is 10.1 Å². The van der Waals surface area contributed by atoms with Crippen molar-refractivity contribution in [2.45, 2.75) is 0 Å². The normalized spacial score (nSPS) is 9.88. The summed E-state index contributed by atoms with van der Waals surface area (Å²) in [5.74, 6) is 0.832. The fourth-order valence-electron chi connectivity index (χ4n) is 1.50. The molecule has 0 radical (unpaired) electrons. The minimum absolute atomic E-state index is 0.832. The number of hydrogen-bond donors (Lipinski definition) is 1. The molecule has 2 aromatic rings. The summed E-state index contributed by atoms with van der Waals surface area (Å²) in [5, 5.41) is 11.1. The molecule has 4 heteroatoms. The first-order valence-electron chi connectivity index (χ1n) is 4.99. The smallest absolute Gasteiger partial charge is 0.118 e. The summed E-state index contributed by atoms with van der Waals surface area (Å²) in [4.78, 5) is 0. The molecule has 0 amide bonds. The van der Waals surface area contributed by atoms with Gasteiger partial charge >= 0.3 is 0 Å². The second-order valence-corrected chi connectivity index (χ2v) is 3.27. The van der Waals surface area contributed by atoms with E-state index in [1.54, 1.807) is 13.3 Å². The van der Waals surface area contributed by atoms with E-state index in [4.69, 9.17) is 4.74 Å². The second-order valence-electron chi connectivity index (χ2n) is 3.27. The quantitative estimate of drug-likeness (QED) is 0.852. The molecule has 0 fully saturated rings. The third kappa shape index (κ3) is 1.95. The maximum absolute atomic E-state index is 5.11. The third-order valence-corrected chi connectivity index (χ3v) is 2.35. The van der Waals surface area contributed by atoms with Crippen molar-refractivity contribution in [3.8, 4) is 17.0 Å². The largest absolute Gasteiger partial charge is 0.497 e. The monoisotopic (exact) mass is 215 g/mol. The third-order valence-electron chi connectivity index (χ3n) is 2.35. The Morgan fingerprint density at radius 2 is 1.88 bits per heavy atom. The number of nitrogens with one attached hydrogen (secondary N) is 1. The van der Waals surface area contributed by atoms with Crippen LogP contribution in [0.4, 0.5) is 5.69 Å². The predicted octanol–water partition coefficient (Wildman–Crippen LogP) is 2.19. The molecule has 4 nitrogen and oxygen atoms in total. The molecule has 0 atom stereocenters. The molecule has 1 N–H and O–H groups in total. The van der Waals surface area contributed by atoms with Crippen LogP contribution in [0.1, 0.15) is 0 Å². The lowest BCUT2D eigenvalue weighted by Gasteiger charge is -2.07. The number of aromatic nitrogens is 2. The Kier molecular flexibility index (Phi) is 3.00. The van der Waals surface area contributed by atoms with Gasteiger partial charge in [0.15, 0.2) is 0 Å². The van der Waals surface area contributed by atoms with E-state index in [2.05, 4.69) is 15.5 Å². The standard InChI is InChI=1S/C12H13N3O/c1-13-11-7-8-14-15-12(11)9-3-5-10(16-2)6-4-9/h3-8H,1-2H3,(H,13,14). The highest BCUT2D eigenvalue weighted by Crippen LogP contribution is 2.25. The van der Waals surface area contributed by atoms with Crippen LogP contribution in [-0.4, -0.2) is 24.4 Å². The molecule has 82 valence electrons. The Balaban J connectivity index is 2.42. The van der Waals surface area contributed by atoms with E-state index in [-0.39, 0.29) is 0 Å². The first kappa shape index (κ1) is 10.4. The lowest BCUT2D eigenvalue weighted by atomic mass is 10.1. The zero-order valence-electron chi connectivity index (χ0n) is 9.27. The number of benzene rings is 1. The van der Waals surface area contributed by atoms with Crippen molar-refractivity contribution < 1.29 is 4.74 Å². The molecule has 0 aliphatic heterocycles. The molecular weight excluding hydrogens is 202 g/mol.